The molecule has 0 heterocycles. The van der Waals surface area contributed by atoms with E-state index in [-0.39, 0.29) is 5.91 Å². The highest BCUT2D eigenvalue weighted by atomic mass is 127. The molecule has 0 saturated carbocycles. The number of nitrogens with one attached hydrogen (secondary N) is 1. The third-order valence-corrected chi connectivity index (χ3v) is 4.23. The lowest BCUT2D eigenvalue weighted by molar-refractivity contribution is -0.111. The Hall–Kier alpha value is -2.02. The summed E-state index contributed by atoms with van der Waals surface area (Å²) >= 11 is 2.19. The van der Waals surface area contributed by atoms with Crippen molar-refractivity contribution in [2.24, 2.45) is 0 Å². The lowest BCUT2D eigenvalue weighted by Gasteiger charge is -2.12. The first kappa shape index (κ1) is 19.3. The van der Waals surface area contributed by atoms with Gasteiger partial charge in [-0.1, -0.05) is 25.1 Å². The third-order valence-electron chi connectivity index (χ3n) is 3.29. The first-order chi connectivity index (χ1) is 12.1. The van der Waals surface area contributed by atoms with Crippen molar-refractivity contribution >= 4 is 40.3 Å². The average Bonchev–Trinajstić information content (AvgIpc) is 2.61. The summed E-state index contributed by atoms with van der Waals surface area (Å²) in [6, 6.07) is 13.3. The maximum absolute atomic E-state index is 12.1. The van der Waals surface area contributed by atoms with Gasteiger partial charge in [-0.3, -0.25) is 4.79 Å². The standard InChI is InChI=1S/C20H22INO3/c1-3-13-25-18-11-9-15(14-19(18)24-4-2)10-12-20(23)22-17-8-6-5-7-16(17)21/h5-12,14H,3-4,13H2,1-2H3,(H,22,23)/b12-10+. The molecular weight excluding hydrogens is 429 g/mol. The molecule has 4 nitrogen and oxygen atoms in total. The molecule has 0 bridgehead atoms. The second-order valence-corrected chi connectivity index (χ2v) is 6.45. The average molecular weight is 451 g/mol. The zero-order valence-corrected chi connectivity index (χ0v) is 16.6. The summed E-state index contributed by atoms with van der Waals surface area (Å²) in [5.74, 6) is 1.24. The van der Waals surface area contributed by atoms with Gasteiger partial charge >= 0.3 is 0 Å². The summed E-state index contributed by atoms with van der Waals surface area (Å²) in [7, 11) is 0. The Morgan fingerprint density at radius 1 is 1.12 bits per heavy atom. The molecule has 132 valence electrons. The van der Waals surface area contributed by atoms with Crippen LogP contribution in [0.3, 0.4) is 0 Å². The van der Waals surface area contributed by atoms with Crippen LogP contribution in [0.1, 0.15) is 25.8 Å². The van der Waals surface area contributed by atoms with Gasteiger partial charge in [0.1, 0.15) is 0 Å². The number of para-hydroxylation sites is 1. The van der Waals surface area contributed by atoms with Crippen LogP contribution in [0.15, 0.2) is 48.5 Å². The van der Waals surface area contributed by atoms with E-state index in [1.165, 1.54) is 6.08 Å². The number of hydrogen-bond acceptors (Lipinski definition) is 3. The molecule has 1 N–H and O–H groups in total. The van der Waals surface area contributed by atoms with Crippen molar-refractivity contribution in [3.05, 3.63) is 57.7 Å². The molecule has 0 aliphatic carbocycles. The molecule has 2 aromatic carbocycles. The highest BCUT2D eigenvalue weighted by Gasteiger charge is 2.06. The minimum Gasteiger partial charge on any atom is -0.490 e. The van der Waals surface area contributed by atoms with Crippen molar-refractivity contribution < 1.29 is 14.3 Å². The molecule has 0 aliphatic heterocycles. The van der Waals surface area contributed by atoms with Gasteiger partial charge in [-0.05, 0) is 71.8 Å². The molecule has 2 aromatic rings. The lowest BCUT2D eigenvalue weighted by Crippen LogP contribution is -2.08. The summed E-state index contributed by atoms with van der Waals surface area (Å²) < 4.78 is 12.3. The number of rotatable bonds is 8. The van der Waals surface area contributed by atoms with E-state index in [0.717, 1.165) is 27.0 Å². The molecule has 0 unspecified atom stereocenters. The second-order valence-electron chi connectivity index (χ2n) is 5.29. The van der Waals surface area contributed by atoms with Crippen molar-refractivity contribution in [2.45, 2.75) is 20.3 Å². The van der Waals surface area contributed by atoms with Crippen molar-refractivity contribution in [1.29, 1.82) is 0 Å². The van der Waals surface area contributed by atoms with Gasteiger partial charge in [0.05, 0.1) is 18.9 Å². The number of carbonyl (C=O) groups is 1. The van der Waals surface area contributed by atoms with Crippen molar-refractivity contribution in [3.63, 3.8) is 0 Å². The van der Waals surface area contributed by atoms with Gasteiger partial charge in [0, 0.05) is 9.65 Å². The first-order valence-corrected chi connectivity index (χ1v) is 9.35. The van der Waals surface area contributed by atoms with Crippen molar-refractivity contribution in [1.82, 2.24) is 0 Å². The maximum atomic E-state index is 12.1. The lowest BCUT2D eigenvalue weighted by atomic mass is 10.2. The van der Waals surface area contributed by atoms with Gasteiger partial charge in [0.15, 0.2) is 11.5 Å². The highest BCUT2D eigenvalue weighted by Crippen LogP contribution is 2.29. The van der Waals surface area contributed by atoms with Crippen molar-refractivity contribution in [2.75, 3.05) is 18.5 Å². The first-order valence-electron chi connectivity index (χ1n) is 8.27. The summed E-state index contributed by atoms with van der Waals surface area (Å²) in [5, 5.41) is 2.87. The summed E-state index contributed by atoms with van der Waals surface area (Å²) in [4.78, 5) is 12.1. The van der Waals surface area contributed by atoms with Crippen LogP contribution in [0.25, 0.3) is 6.08 Å². The minimum absolute atomic E-state index is 0.173. The Labute approximate surface area is 162 Å². The van der Waals surface area contributed by atoms with Crippen LogP contribution in [0.5, 0.6) is 11.5 Å². The van der Waals surface area contributed by atoms with Crippen LogP contribution >= 0.6 is 22.6 Å². The zero-order chi connectivity index (χ0) is 18.1. The molecule has 1 amide bonds. The predicted molar refractivity (Wildman–Crippen MR) is 110 cm³/mol. The molecule has 0 spiro atoms. The molecule has 2 rings (SSSR count). The van der Waals surface area contributed by atoms with Crippen LogP contribution in [0.4, 0.5) is 5.69 Å². The minimum atomic E-state index is -0.173. The highest BCUT2D eigenvalue weighted by molar-refractivity contribution is 14.1. The molecule has 0 aromatic heterocycles. The van der Waals surface area contributed by atoms with E-state index in [4.69, 9.17) is 9.47 Å². The SMILES string of the molecule is CCCOc1ccc(/C=C/C(=O)Nc2ccccc2I)cc1OCC. The number of carbonyl (C=O) groups excluding carboxylic acids is 1. The van der Waals surface area contributed by atoms with Crippen LogP contribution in [0, 0.1) is 3.57 Å². The molecule has 5 heteroatoms. The molecular formula is C20H22INO3. The Kier molecular flexibility index (Phi) is 7.78. The van der Waals surface area contributed by atoms with Gasteiger partial charge in [0.25, 0.3) is 0 Å². The predicted octanol–water partition coefficient (Wildman–Crippen LogP) is 5.13. The number of halogens is 1. The Balaban J connectivity index is 2.07. The molecule has 0 fully saturated rings. The van der Waals surface area contributed by atoms with Crippen molar-refractivity contribution in [3.8, 4) is 11.5 Å². The van der Waals surface area contributed by atoms with E-state index in [1.54, 1.807) is 6.08 Å². The fraction of sp³-hybridized carbons (Fsp3) is 0.250. The zero-order valence-electron chi connectivity index (χ0n) is 14.4. The molecule has 0 aliphatic rings. The van der Waals surface area contributed by atoms with E-state index < -0.39 is 0 Å². The maximum Gasteiger partial charge on any atom is 0.248 e. The fourth-order valence-electron chi connectivity index (χ4n) is 2.14. The van der Waals surface area contributed by atoms with Crippen LogP contribution in [-0.2, 0) is 4.79 Å². The molecule has 0 radical (unpaired) electrons. The third kappa shape index (κ3) is 6.08. The number of hydrogen-bond donors (Lipinski definition) is 1. The quantitative estimate of drug-likeness (QED) is 0.447. The second kappa shape index (κ2) is 10.1. The summed E-state index contributed by atoms with van der Waals surface area (Å²) in [6.45, 7) is 5.20. The van der Waals surface area contributed by atoms with Gasteiger partial charge in [-0.25, -0.2) is 0 Å². The summed E-state index contributed by atoms with van der Waals surface area (Å²) in [5.41, 5.74) is 1.68. The van der Waals surface area contributed by atoms with Gasteiger partial charge in [-0.15, -0.1) is 0 Å². The van der Waals surface area contributed by atoms with E-state index in [2.05, 4.69) is 34.8 Å². The monoisotopic (exact) mass is 451 g/mol. The van der Waals surface area contributed by atoms with Gasteiger partial charge in [0.2, 0.25) is 5.91 Å². The van der Waals surface area contributed by atoms with E-state index >= 15 is 0 Å². The number of benzene rings is 2. The molecule has 25 heavy (non-hydrogen) atoms. The topological polar surface area (TPSA) is 47.6 Å². The normalized spacial score (nSPS) is 10.7. The molecule has 0 saturated heterocycles. The number of amides is 1. The van der Waals surface area contributed by atoms with Crippen LogP contribution in [0.2, 0.25) is 0 Å². The number of anilines is 1. The molecule has 0 atom stereocenters. The van der Waals surface area contributed by atoms with Crippen LogP contribution < -0.4 is 14.8 Å². The smallest absolute Gasteiger partial charge is 0.248 e. The van der Waals surface area contributed by atoms with Gasteiger partial charge < -0.3 is 14.8 Å². The fourth-order valence-corrected chi connectivity index (χ4v) is 2.66. The largest absolute Gasteiger partial charge is 0.490 e. The summed E-state index contributed by atoms with van der Waals surface area (Å²) in [6.07, 6.45) is 4.21. The Morgan fingerprint density at radius 3 is 2.64 bits per heavy atom. The van der Waals surface area contributed by atoms with E-state index in [0.29, 0.717) is 19.0 Å². The number of ether oxygens (including phenoxy) is 2. The Morgan fingerprint density at radius 2 is 1.92 bits per heavy atom. The van der Waals surface area contributed by atoms with E-state index in [1.807, 2.05) is 49.4 Å². The van der Waals surface area contributed by atoms with Gasteiger partial charge in [-0.2, -0.15) is 0 Å². The van der Waals surface area contributed by atoms with E-state index in [9.17, 15) is 4.79 Å². The Bertz CT molecular complexity index is 743. The van der Waals surface area contributed by atoms with Crippen LogP contribution in [-0.4, -0.2) is 19.1 Å².